The molecule has 0 spiro atoms. The first-order chi connectivity index (χ1) is 10.6. The molecule has 1 N–H and O–H groups in total. The summed E-state index contributed by atoms with van der Waals surface area (Å²) in [5, 5.41) is 2.86. The van der Waals surface area contributed by atoms with E-state index in [-0.39, 0.29) is 5.91 Å². The largest absolute Gasteiger partial charge is 0.497 e. The van der Waals surface area contributed by atoms with Gasteiger partial charge in [0.15, 0.2) is 0 Å². The van der Waals surface area contributed by atoms with Gasteiger partial charge in [-0.05, 0) is 19.2 Å². The third kappa shape index (κ3) is 5.15. The topological polar surface area (TPSA) is 44.8 Å². The van der Waals surface area contributed by atoms with Gasteiger partial charge in [0.2, 0.25) is 5.91 Å². The van der Waals surface area contributed by atoms with Gasteiger partial charge in [-0.15, -0.1) is 0 Å². The number of nitrogens with zero attached hydrogens (tertiary/aromatic N) is 2. The Morgan fingerprint density at radius 1 is 1.36 bits per heavy atom. The summed E-state index contributed by atoms with van der Waals surface area (Å²) in [6, 6.07) is 7.31. The Morgan fingerprint density at radius 2 is 2.09 bits per heavy atom. The van der Waals surface area contributed by atoms with Crippen LogP contribution < -0.4 is 10.1 Å². The van der Waals surface area contributed by atoms with Crippen LogP contribution in [0, 0.1) is 0 Å². The third-order valence-corrected chi connectivity index (χ3v) is 4.97. The van der Waals surface area contributed by atoms with E-state index >= 15 is 0 Å². The lowest BCUT2D eigenvalue weighted by atomic mass is 10.3. The molecule has 120 valence electrons. The van der Waals surface area contributed by atoms with Crippen LogP contribution in [0.15, 0.2) is 24.3 Å². The minimum atomic E-state index is -0.0604. The molecule has 0 aromatic heterocycles. The van der Waals surface area contributed by atoms with Crippen LogP contribution in [0.2, 0.25) is 0 Å². The highest BCUT2D eigenvalue weighted by Gasteiger charge is 2.17. The Labute approximate surface area is 141 Å². The van der Waals surface area contributed by atoms with E-state index in [0.717, 1.165) is 41.9 Å². The van der Waals surface area contributed by atoms with Crippen molar-refractivity contribution in [1.82, 2.24) is 9.80 Å². The van der Waals surface area contributed by atoms with Crippen molar-refractivity contribution >= 4 is 39.9 Å². The van der Waals surface area contributed by atoms with Crippen LogP contribution in [-0.4, -0.2) is 66.1 Å². The van der Waals surface area contributed by atoms with Crippen LogP contribution in [0.5, 0.6) is 5.75 Å². The molecule has 1 aromatic rings. The Morgan fingerprint density at radius 3 is 2.77 bits per heavy atom. The molecule has 22 heavy (non-hydrogen) atoms. The zero-order chi connectivity index (χ0) is 15.9. The van der Waals surface area contributed by atoms with Gasteiger partial charge in [-0.1, -0.05) is 30.0 Å². The van der Waals surface area contributed by atoms with Gasteiger partial charge in [0.25, 0.3) is 0 Å². The minimum absolute atomic E-state index is 0.0604. The van der Waals surface area contributed by atoms with E-state index < -0.39 is 0 Å². The molecule has 1 aliphatic heterocycles. The second-order valence-electron chi connectivity index (χ2n) is 5.13. The lowest BCUT2D eigenvalue weighted by Gasteiger charge is -2.33. The molecule has 0 radical (unpaired) electrons. The van der Waals surface area contributed by atoms with E-state index in [0.29, 0.717) is 5.75 Å². The van der Waals surface area contributed by atoms with E-state index in [2.05, 4.69) is 22.2 Å². The monoisotopic (exact) mass is 339 g/mol. The molecule has 1 fully saturated rings. The SMILES string of the molecule is COc1cccc(NC(=O)CSC(=S)N2CCN(C)CC2)c1. The molecule has 1 aliphatic rings. The predicted octanol–water partition coefficient (Wildman–Crippen LogP) is 1.90. The standard InChI is InChI=1S/C15H21N3O2S2/c1-17-6-8-18(9-7-17)15(21)22-11-14(19)16-12-4-3-5-13(10-12)20-2/h3-5,10H,6-9,11H2,1-2H3,(H,16,19). The number of nitrogens with one attached hydrogen (secondary N) is 1. The van der Waals surface area contributed by atoms with Crippen LogP contribution in [0.25, 0.3) is 0 Å². The van der Waals surface area contributed by atoms with Crippen LogP contribution in [-0.2, 0) is 4.79 Å². The van der Waals surface area contributed by atoms with E-state index in [4.69, 9.17) is 17.0 Å². The van der Waals surface area contributed by atoms with E-state index in [1.807, 2.05) is 18.2 Å². The van der Waals surface area contributed by atoms with Crippen LogP contribution in [0.3, 0.4) is 0 Å². The van der Waals surface area contributed by atoms with Crippen molar-refractivity contribution in [3.63, 3.8) is 0 Å². The van der Waals surface area contributed by atoms with E-state index in [9.17, 15) is 4.79 Å². The second kappa shape index (κ2) is 8.36. The summed E-state index contributed by atoms with van der Waals surface area (Å²) < 4.78 is 5.93. The first-order valence-corrected chi connectivity index (χ1v) is 8.52. The lowest BCUT2D eigenvalue weighted by Crippen LogP contribution is -2.46. The van der Waals surface area contributed by atoms with Crippen LogP contribution >= 0.6 is 24.0 Å². The predicted molar refractivity (Wildman–Crippen MR) is 95.7 cm³/mol. The van der Waals surface area contributed by atoms with E-state index in [1.54, 1.807) is 13.2 Å². The molecule has 0 aliphatic carbocycles. The Kier molecular flexibility index (Phi) is 6.48. The number of ether oxygens (including phenoxy) is 1. The molecule has 7 heteroatoms. The fraction of sp³-hybridized carbons (Fsp3) is 0.467. The van der Waals surface area contributed by atoms with Gasteiger partial charge >= 0.3 is 0 Å². The highest BCUT2D eigenvalue weighted by atomic mass is 32.2. The summed E-state index contributed by atoms with van der Waals surface area (Å²) in [4.78, 5) is 16.4. The number of carbonyl (C=O) groups excluding carboxylic acids is 1. The van der Waals surface area contributed by atoms with Crippen molar-refractivity contribution < 1.29 is 9.53 Å². The fourth-order valence-corrected chi connectivity index (χ4v) is 3.16. The van der Waals surface area contributed by atoms with Gasteiger partial charge in [0, 0.05) is 37.9 Å². The number of benzene rings is 1. The summed E-state index contributed by atoms with van der Waals surface area (Å²) in [6.07, 6.45) is 0. The highest BCUT2D eigenvalue weighted by Crippen LogP contribution is 2.17. The molecule has 0 atom stereocenters. The molecule has 0 bridgehead atoms. The Bertz CT molecular complexity index is 531. The molecule has 1 aromatic carbocycles. The fourth-order valence-electron chi connectivity index (χ4n) is 2.11. The van der Waals surface area contributed by atoms with Crippen molar-refractivity contribution in [3.8, 4) is 5.75 Å². The number of hydrogen-bond donors (Lipinski definition) is 1. The van der Waals surface area contributed by atoms with Gasteiger partial charge in [0.1, 0.15) is 10.1 Å². The first kappa shape index (κ1) is 17.1. The quantitative estimate of drug-likeness (QED) is 0.846. The number of amides is 1. The molecule has 0 saturated carbocycles. The Hall–Kier alpha value is -1.31. The zero-order valence-electron chi connectivity index (χ0n) is 12.9. The normalized spacial score (nSPS) is 15.5. The van der Waals surface area contributed by atoms with E-state index in [1.165, 1.54) is 11.8 Å². The van der Waals surface area contributed by atoms with Gasteiger partial charge in [-0.2, -0.15) is 0 Å². The smallest absolute Gasteiger partial charge is 0.234 e. The number of anilines is 1. The number of rotatable bonds is 4. The van der Waals surface area contributed by atoms with Crippen molar-refractivity contribution in [2.75, 3.05) is 51.4 Å². The molecular formula is C15H21N3O2S2. The Balaban J connectivity index is 1.76. The van der Waals surface area contributed by atoms with Gasteiger partial charge in [-0.3, -0.25) is 4.79 Å². The zero-order valence-corrected chi connectivity index (χ0v) is 14.5. The number of piperazine rings is 1. The van der Waals surface area contributed by atoms with Gasteiger partial charge < -0.3 is 19.9 Å². The van der Waals surface area contributed by atoms with Gasteiger partial charge in [-0.25, -0.2) is 0 Å². The maximum atomic E-state index is 12.0. The number of thiocarbonyl (C=S) groups is 1. The van der Waals surface area contributed by atoms with Crippen molar-refractivity contribution in [1.29, 1.82) is 0 Å². The summed E-state index contributed by atoms with van der Waals surface area (Å²) in [5.74, 6) is 0.982. The molecule has 1 heterocycles. The maximum absolute atomic E-state index is 12.0. The number of thioether (sulfide) groups is 1. The number of hydrogen-bond acceptors (Lipinski definition) is 5. The molecule has 1 amide bonds. The number of carbonyl (C=O) groups is 1. The van der Waals surface area contributed by atoms with Crippen LogP contribution in [0.1, 0.15) is 0 Å². The van der Waals surface area contributed by atoms with Crippen LogP contribution in [0.4, 0.5) is 5.69 Å². The summed E-state index contributed by atoms with van der Waals surface area (Å²) in [5.41, 5.74) is 0.732. The molecule has 1 saturated heterocycles. The summed E-state index contributed by atoms with van der Waals surface area (Å²) in [7, 11) is 3.71. The highest BCUT2D eigenvalue weighted by molar-refractivity contribution is 8.23. The van der Waals surface area contributed by atoms with Gasteiger partial charge in [0.05, 0.1) is 12.9 Å². The molecule has 5 nitrogen and oxygen atoms in total. The van der Waals surface area contributed by atoms with Crippen molar-refractivity contribution in [2.24, 2.45) is 0 Å². The number of likely N-dealkylation sites (N-methyl/N-ethyl adjacent to an activating group) is 1. The maximum Gasteiger partial charge on any atom is 0.234 e. The third-order valence-electron chi connectivity index (χ3n) is 3.44. The molecule has 2 rings (SSSR count). The second-order valence-corrected chi connectivity index (χ2v) is 6.73. The number of methoxy groups -OCH3 is 1. The average molecular weight is 339 g/mol. The van der Waals surface area contributed by atoms with Crippen molar-refractivity contribution in [3.05, 3.63) is 24.3 Å². The minimum Gasteiger partial charge on any atom is -0.497 e. The summed E-state index contributed by atoms with van der Waals surface area (Å²) in [6.45, 7) is 3.88. The molecule has 0 unspecified atom stereocenters. The summed E-state index contributed by atoms with van der Waals surface area (Å²) >= 11 is 6.82. The molecular weight excluding hydrogens is 318 g/mol. The first-order valence-electron chi connectivity index (χ1n) is 7.12. The van der Waals surface area contributed by atoms with Crippen molar-refractivity contribution in [2.45, 2.75) is 0 Å². The average Bonchev–Trinajstić information content (AvgIpc) is 2.53. The lowest BCUT2D eigenvalue weighted by molar-refractivity contribution is -0.113.